The van der Waals surface area contributed by atoms with Crippen LogP contribution in [0.4, 0.5) is 0 Å². The first-order chi connectivity index (χ1) is 6.29. The molecule has 0 aromatic carbocycles. The fraction of sp³-hybridized carbons (Fsp3) is 0.600. The van der Waals surface area contributed by atoms with Gasteiger partial charge in [-0.1, -0.05) is 31.1 Å². The van der Waals surface area contributed by atoms with Crippen molar-refractivity contribution in [3.05, 3.63) is 22.4 Å². The Kier molecular flexibility index (Phi) is 4.04. The summed E-state index contributed by atoms with van der Waals surface area (Å²) in [7, 11) is 0. The smallest absolute Gasteiger partial charge is 0.242 e. The molecule has 1 aliphatic rings. The fourth-order valence-corrected chi connectivity index (χ4v) is 1.51. The van der Waals surface area contributed by atoms with E-state index in [1.54, 1.807) is 0 Å². The molecule has 0 radical (unpaired) electrons. The summed E-state index contributed by atoms with van der Waals surface area (Å²) in [5.41, 5.74) is 0. The molecule has 0 spiro atoms. The summed E-state index contributed by atoms with van der Waals surface area (Å²) >= 11 is 0. The monoisotopic (exact) mass is 179 g/mol. The molecule has 0 aromatic rings. The molecule has 0 N–H and O–H groups in total. The Hall–Kier alpha value is -1.30. The van der Waals surface area contributed by atoms with E-state index in [1.807, 2.05) is 0 Å². The minimum atomic E-state index is -0.491. The highest BCUT2D eigenvalue weighted by atomic mass is 16.6. The minimum Gasteiger partial charge on any atom is -0.259 e. The highest BCUT2D eigenvalue weighted by Crippen LogP contribution is 2.22. The number of nitrogens with zero attached hydrogens (tertiary/aromatic N) is 1. The molecule has 0 heterocycles. The standard InChI is InChI=1S/C10H13NO2/c12-11(13)9-5-4-8-10-6-2-1-3-7-10/h5,9-10H,1-3,6-7H2/b9-5+. The van der Waals surface area contributed by atoms with Gasteiger partial charge in [0.1, 0.15) is 0 Å². The van der Waals surface area contributed by atoms with E-state index >= 15 is 0 Å². The maximum Gasteiger partial charge on any atom is 0.242 e. The van der Waals surface area contributed by atoms with Crippen molar-refractivity contribution < 1.29 is 4.92 Å². The van der Waals surface area contributed by atoms with Crippen molar-refractivity contribution in [2.45, 2.75) is 32.1 Å². The Morgan fingerprint density at radius 3 is 2.62 bits per heavy atom. The summed E-state index contributed by atoms with van der Waals surface area (Å²) in [6, 6.07) is 0. The van der Waals surface area contributed by atoms with Gasteiger partial charge in [-0.05, 0) is 12.8 Å². The van der Waals surface area contributed by atoms with Crippen LogP contribution in [-0.2, 0) is 0 Å². The van der Waals surface area contributed by atoms with Gasteiger partial charge in [0.2, 0.25) is 6.20 Å². The Labute approximate surface area is 78.0 Å². The summed E-state index contributed by atoms with van der Waals surface area (Å²) in [4.78, 5) is 9.41. The van der Waals surface area contributed by atoms with Gasteiger partial charge in [-0.15, -0.1) is 0 Å². The maximum atomic E-state index is 9.90. The van der Waals surface area contributed by atoms with Crippen LogP contribution < -0.4 is 0 Å². The first-order valence-corrected chi connectivity index (χ1v) is 4.60. The topological polar surface area (TPSA) is 43.1 Å². The molecule has 1 saturated carbocycles. The third-order valence-electron chi connectivity index (χ3n) is 2.17. The molecule has 70 valence electrons. The van der Waals surface area contributed by atoms with Crippen molar-refractivity contribution in [1.82, 2.24) is 0 Å². The second kappa shape index (κ2) is 5.36. The van der Waals surface area contributed by atoms with Gasteiger partial charge in [-0.25, -0.2) is 0 Å². The first kappa shape index (κ1) is 9.79. The van der Waals surface area contributed by atoms with Crippen molar-refractivity contribution in [1.29, 1.82) is 0 Å². The summed E-state index contributed by atoms with van der Waals surface area (Å²) in [5, 5.41) is 9.90. The van der Waals surface area contributed by atoms with Gasteiger partial charge in [0, 0.05) is 5.92 Å². The molecule has 0 aromatic heterocycles. The number of hydrogen-bond acceptors (Lipinski definition) is 2. The van der Waals surface area contributed by atoms with Crippen LogP contribution in [0.2, 0.25) is 0 Å². The number of hydrogen-bond donors (Lipinski definition) is 0. The van der Waals surface area contributed by atoms with Crippen molar-refractivity contribution in [3.63, 3.8) is 0 Å². The van der Waals surface area contributed by atoms with E-state index in [1.165, 1.54) is 25.3 Å². The molecule has 0 amide bonds. The molecule has 3 heteroatoms. The van der Waals surface area contributed by atoms with Crippen LogP contribution in [0.1, 0.15) is 32.1 Å². The highest BCUT2D eigenvalue weighted by Gasteiger charge is 2.09. The summed E-state index contributed by atoms with van der Waals surface area (Å²) in [6.45, 7) is 0. The van der Waals surface area contributed by atoms with E-state index in [0.29, 0.717) is 5.92 Å². The second-order valence-electron chi connectivity index (χ2n) is 3.22. The molecule has 3 nitrogen and oxygen atoms in total. The molecule has 0 unspecified atom stereocenters. The van der Waals surface area contributed by atoms with Gasteiger partial charge in [0.25, 0.3) is 0 Å². The predicted molar refractivity (Wildman–Crippen MR) is 50.5 cm³/mol. The van der Waals surface area contributed by atoms with Crippen molar-refractivity contribution in [3.8, 4) is 11.8 Å². The zero-order valence-electron chi connectivity index (χ0n) is 7.53. The van der Waals surface area contributed by atoms with E-state index in [0.717, 1.165) is 19.0 Å². The fourth-order valence-electron chi connectivity index (χ4n) is 1.51. The van der Waals surface area contributed by atoms with Gasteiger partial charge >= 0.3 is 0 Å². The third kappa shape index (κ3) is 4.32. The molecule has 13 heavy (non-hydrogen) atoms. The highest BCUT2D eigenvalue weighted by molar-refractivity contribution is 5.15. The van der Waals surface area contributed by atoms with Gasteiger partial charge < -0.3 is 0 Å². The van der Waals surface area contributed by atoms with Crippen LogP contribution in [0.5, 0.6) is 0 Å². The van der Waals surface area contributed by atoms with Crippen LogP contribution >= 0.6 is 0 Å². The van der Waals surface area contributed by atoms with Crippen LogP contribution in [0.25, 0.3) is 0 Å². The predicted octanol–water partition coefficient (Wildman–Crippen LogP) is 2.36. The van der Waals surface area contributed by atoms with Crippen LogP contribution in [0.15, 0.2) is 12.3 Å². The number of rotatable bonds is 1. The average Bonchev–Trinajstić information content (AvgIpc) is 2.14. The molecule has 0 bridgehead atoms. The Balaban J connectivity index is 2.32. The zero-order valence-corrected chi connectivity index (χ0v) is 7.53. The lowest BCUT2D eigenvalue weighted by Crippen LogP contribution is -2.02. The molecular weight excluding hydrogens is 166 g/mol. The van der Waals surface area contributed by atoms with E-state index in [-0.39, 0.29) is 0 Å². The SMILES string of the molecule is O=[N+]([O-])/C=C/C#CC1CCCCC1. The molecule has 1 aliphatic carbocycles. The molecule has 0 aliphatic heterocycles. The van der Waals surface area contributed by atoms with E-state index in [4.69, 9.17) is 0 Å². The number of nitro groups is 1. The summed E-state index contributed by atoms with van der Waals surface area (Å²) < 4.78 is 0. The van der Waals surface area contributed by atoms with Gasteiger partial charge in [-0.2, -0.15) is 0 Å². The molecule has 0 saturated heterocycles. The molecular formula is C10H13NO2. The first-order valence-electron chi connectivity index (χ1n) is 4.60. The van der Waals surface area contributed by atoms with Gasteiger partial charge in [-0.3, -0.25) is 10.1 Å². The van der Waals surface area contributed by atoms with Crippen molar-refractivity contribution >= 4 is 0 Å². The molecule has 0 atom stereocenters. The lowest BCUT2D eigenvalue weighted by molar-refractivity contribution is -0.402. The second-order valence-corrected chi connectivity index (χ2v) is 3.22. The lowest BCUT2D eigenvalue weighted by Gasteiger charge is -2.15. The normalized spacial score (nSPS) is 18.2. The third-order valence-corrected chi connectivity index (χ3v) is 2.17. The summed E-state index contributed by atoms with van der Waals surface area (Å²) in [6.07, 6.45) is 8.31. The van der Waals surface area contributed by atoms with Crippen LogP contribution in [-0.4, -0.2) is 4.92 Å². The lowest BCUT2D eigenvalue weighted by atomic mass is 9.90. The van der Waals surface area contributed by atoms with E-state index in [2.05, 4.69) is 11.8 Å². The maximum absolute atomic E-state index is 9.90. The van der Waals surface area contributed by atoms with Crippen LogP contribution in [0.3, 0.4) is 0 Å². The zero-order chi connectivity index (χ0) is 9.52. The Bertz CT molecular complexity index is 254. The average molecular weight is 179 g/mol. The van der Waals surface area contributed by atoms with Crippen molar-refractivity contribution in [2.24, 2.45) is 5.92 Å². The van der Waals surface area contributed by atoms with E-state index < -0.39 is 4.92 Å². The van der Waals surface area contributed by atoms with E-state index in [9.17, 15) is 10.1 Å². The van der Waals surface area contributed by atoms with Gasteiger partial charge in [0.05, 0.1) is 11.0 Å². The Morgan fingerprint density at radius 1 is 1.31 bits per heavy atom. The minimum absolute atomic E-state index is 0.463. The number of allylic oxidation sites excluding steroid dienone is 1. The summed E-state index contributed by atoms with van der Waals surface area (Å²) in [5.74, 6) is 6.21. The van der Waals surface area contributed by atoms with Gasteiger partial charge in [0.15, 0.2) is 0 Å². The Morgan fingerprint density at radius 2 is 2.00 bits per heavy atom. The van der Waals surface area contributed by atoms with Crippen molar-refractivity contribution in [2.75, 3.05) is 0 Å². The quantitative estimate of drug-likeness (QED) is 0.352. The molecule has 1 fully saturated rings. The molecule has 1 rings (SSSR count). The van der Waals surface area contributed by atoms with Crippen LogP contribution in [0, 0.1) is 27.9 Å². The largest absolute Gasteiger partial charge is 0.259 e.